The number of halogens is 2. The van der Waals surface area contributed by atoms with Crippen LogP contribution in [0.25, 0.3) is 0 Å². The highest BCUT2D eigenvalue weighted by atomic mass is 35.5. The van der Waals surface area contributed by atoms with Crippen LogP contribution in [-0.4, -0.2) is 13.0 Å². The van der Waals surface area contributed by atoms with E-state index in [4.69, 9.17) is 16.3 Å². The molecule has 0 spiro atoms. The second kappa shape index (κ2) is 8.56. The second-order valence-electron chi connectivity index (χ2n) is 5.83. The van der Waals surface area contributed by atoms with Gasteiger partial charge in [-0.1, -0.05) is 41.9 Å². The average Bonchev–Trinajstić information content (AvgIpc) is 2.68. The van der Waals surface area contributed by atoms with Crippen molar-refractivity contribution in [2.75, 3.05) is 17.7 Å². The normalized spacial score (nSPS) is 10.3. The van der Waals surface area contributed by atoms with Gasteiger partial charge in [-0.05, 0) is 42.0 Å². The lowest BCUT2D eigenvalue weighted by Crippen LogP contribution is -2.13. The van der Waals surface area contributed by atoms with Gasteiger partial charge in [0.05, 0.1) is 23.4 Å². The zero-order chi connectivity index (χ0) is 19.2. The SMILES string of the molecule is COc1ccc(F)cc1C(=O)Nc1ccc(NCc2ccccc2)c(Cl)c1. The first-order chi connectivity index (χ1) is 13.1. The van der Waals surface area contributed by atoms with Crippen LogP contribution >= 0.6 is 11.6 Å². The molecule has 3 aromatic rings. The Hall–Kier alpha value is -3.05. The van der Waals surface area contributed by atoms with E-state index in [1.807, 2.05) is 30.3 Å². The van der Waals surface area contributed by atoms with E-state index in [2.05, 4.69) is 10.6 Å². The van der Waals surface area contributed by atoms with Crippen LogP contribution in [0.1, 0.15) is 15.9 Å². The van der Waals surface area contributed by atoms with E-state index >= 15 is 0 Å². The molecule has 3 rings (SSSR count). The third kappa shape index (κ3) is 4.77. The lowest BCUT2D eigenvalue weighted by Gasteiger charge is -2.12. The number of carbonyl (C=O) groups excluding carboxylic acids is 1. The highest BCUT2D eigenvalue weighted by Crippen LogP contribution is 2.27. The Morgan fingerprint density at radius 3 is 2.56 bits per heavy atom. The molecule has 1 amide bonds. The number of amides is 1. The Bertz CT molecular complexity index is 948. The van der Waals surface area contributed by atoms with Crippen molar-refractivity contribution in [3.8, 4) is 5.75 Å². The van der Waals surface area contributed by atoms with Gasteiger partial charge in [-0.3, -0.25) is 4.79 Å². The summed E-state index contributed by atoms with van der Waals surface area (Å²) in [5.41, 5.74) is 2.49. The smallest absolute Gasteiger partial charge is 0.259 e. The largest absolute Gasteiger partial charge is 0.496 e. The molecular weight excluding hydrogens is 367 g/mol. The fraction of sp³-hybridized carbons (Fsp3) is 0.0952. The topological polar surface area (TPSA) is 50.4 Å². The number of ether oxygens (including phenoxy) is 1. The van der Waals surface area contributed by atoms with E-state index in [-0.39, 0.29) is 5.56 Å². The molecule has 6 heteroatoms. The first kappa shape index (κ1) is 18.7. The molecule has 3 aromatic carbocycles. The lowest BCUT2D eigenvalue weighted by molar-refractivity contribution is 0.102. The van der Waals surface area contributed by atoms with E-state index < -0.39 is 11.7 Å². The predicted octanol–water partition coefficient (Wildman–Crippen LogP) is 5.35. The molecule has 0 heterocycles. The molecule has 0 aliphatic rings. The average molecular weight is 385 g/mol. The van der Waals surface area contributed by atoms with E-state index in [1.54, 1.807) is 18.2 Å². The maximum absolute atomic E-state index is 13.5. The van der Waals surface area contributed by atoms with Gasteiger partial charge in [0, 0.05) is 12.2 Å². The second-order valence-corrected chi connectivity index (χ2v) is 6.24. The molecule has 27 heavy (non-hydrogen) atoms. The number of carbonyl (C=O) groups is 1. The molecule has 0 atom stereocenters. The monoisotopic (exact) mass is 384 g/mol. The van der Waals surface area contributed by atoms with Crippen molar-refractivity contribution in [3.63, 3.8) is 0 Å². The van der Waals surface area contributed by atoms with Crippen LogP contribution < -0.4 is 15.4 Å². The number of rotatable bonds is 6. The number of anilines is 2. The van der Waals surface area contributed by atoms with Crippen molar-refractivity contribution in [1.82, 2.24) is 0 Å². The molecule has 0 saturated carbocycles. The molecule has 0 aliphatic carbocycles. The molecule has 0 radical (unpaired) electrons. The van der Waals surface area contributed by atoms with Gasteiger partial charge < -0.3 is 15.4 Å². The van der Waals surface area contributed by atoms with Crippen LogP contribution in [0.15, 0.2) is 66.7 Å². The molecule has 0 bridgehead atoms. The van der Waals surface area contributed by atoms with Crippen molar-refractivity contribution in [2.45, 2.75) is 6.54 Å². The van der Waals surface area contributed by atoms with Gasteiger partial charge in [0.25, 0.3) is 5.91 Å². The fourth-order valence-electron chi connectivity index (χ4n) is 2.59. The van der Waals surface area contributed by atoms with Crippen molar-refractivity contribution >= 4 is 28.9 Å². The van der Waals surface area contributed by atoms with E-state index in [9.17, 15) is 9.18 Å². The quantitative estimate of drug-likeness (QED) is 0.602. The molecule has 0 unspecified atom stereocenters. The minimum absolute atomic E-state index is 0.111. The highest BCUT2D eigenvalue weighted by molar-refractivity contribution is 6.33. The number of nitrogens with one attached hydrogen (secondary N) is 2. The number of hydrogen-bond acceptors (Lipinski definition) is 3. The summed E-state index contributed by atoms with van der Waals surface area (Å²) in [6.45, 7) is 0.632. The first-order valence-electron chi connectivity index (χ1n) is 8.29. The van der Waals surface area contributed by atoms with E-state index in [0.717, 1.165) is 17.3 Å². The molecule has 0 fully saturated rings. The summed E-state index contributed by atoms with van der Waals surface area (Å²) in [7, 11) is 1.42. The maximum Gasteiger partial charge on any atom is 0.259 e. The number of methoxy groups -OCH3 is 1. The standard InChI is InChI=1S/C21H18ClFN2O2/c1-27-20-10-7-15(23)11-17(20)21(26)25-16-8-9-19(18(22)12-16)24-13-14-5-3-2-4-6-14/h2-12,24H,13H2,1H3,(H,25,26). The first-order valence-corrected chi connectivity index (χ1v) is 8.67. The molecule has 2 N–H and O–H groups in total. The Morgan fingerprint density at radius 1 is 1.07 bits per heavy atom. The summed E-state index contributed by atoms with van der Waals surface area (Å²) >= 11 is 6.31. The van der Waals surface area contributed by atoms with Crippen LogP contribution in [0, 0.1) is 5.82 Å². The van der Waals surface area contributed by atoms with Crippen molar-refractivity contribution < 1.29 is 13.9 Å². The van der Waals surface area contributed by atoms with Crippen molar-refractivity contribution in [2.24, 2.45) is 0 Å². The van der Waals surface area contributed by atoms with E-state index in [1.165, 1.54) is 19.2 Å². The van der Waals surface area contributed by atoms with Gasteiger partial charge >= 0.3 is 0 Å². The van der Waals surface area contributed by atoms with Crippen LogP contribution in [0.3, 0.4) is 0 Å². The van der Waals surface area contributed by atoms with Crippen LogP contribution in [-0.2, 0) is 6.54 Å². The van der Waals surface area contributed by atoms with Crippen molar-refractivity contribution in [3.05, 3.63) is 88.7 Å². The van der Waals surface area contributed by atoms with Gasteiger partial charge in [-0.15, -0.1) is 0 Å². The minimum atomic E-state index is -0.514. The fourth-order valence-corrected chi connectivity index (χ4v) is 2.83. The maximum atomic E-state index is 13.5. The Kier molecular flexibility index (Phi) is 5.94. The Balaban J connectivity index is 1.70. The number of hydrogen-bond donors (Lipinski definition) is 2. The molecule has 0 aliphatic heterocycles. The van der Waals surface area contributed by atoms with E-state index in [0.29, 0.717) is 23.0 Å². The summed E-state index contributed by atoms with van der Waals surface area (Å²) in [6, 6.07) is 18.9. The summed E-state index contributed by atoms with van der Waals surface area (Å²) in [5, 5.41) is 6.42. The zero-order valence-electron chi connectivity index (χ0n) is 14.6. The third-order valence-corrected chi connectivity index (χ3v) is 4.27. The van der Waals surface area contributed by atoms with Crippen LogP contribution in [0.4, 0.5) is 15.8 Å². The highest BCUT2D eigenvalue weighted by Gasteiger charge is 2.14. The lowest BCUT2D eigenvalue weighted by atomic mass is 10.1. The summed E-state index contributed by atoms with van der Waals surface area (Å²) < 4.78 is 18.6. The zero-order valence-corrected chi connectivity index (χ0v) is 15.4. The molecule has 0 aromatic heterocycles. The van der Waals surface area contributed by atoms with Gasteiger partial charge in [0.2, 0.25) is 0 Å². The van der Waals surface area contributed by atoms with Crippen LogP contribution in [0.5, 0.6) is 5.75 Å². The minimum Gasteiger partial charge on any atom is -0.496 e. The van der Waals surface area contributed by atoms with Crippen LogP contribution in [0.2, 0.25) is 5.02 Å². The molecule has 4 nitrogen and oxygen atoms in total. The predicted molar refractivity (Wildman–Crippen MR) is 106 cm³/mol. The third-order valence-electron chi connectivity index (χ3n) is 3.96. The number of benzene rings is 3. The Labute approximate surface area is 161 Å². The van der Waals surface area contributed by atoms with Crippen molar-refractivity contribution in [1.29, 1.82) is 0 Å². The summed E-state index contributed by atoms with van der Waals surface area (Å²) in [6.07, 6.45) is 0. The van der Waals surface area contributed by atoms with Gasteiger partial charge in [0.1, 0.15) is 11.6 Å². The summed E-state index contributed by atoms with van der Waals surface area (Å²) in [4.78, 5) is 12.4. The van der Waals surface area contributed by atoms with Gasteiger partial charge in [-0.2, -0.15) is 0 Å². The van der Waals surface area contributed by atoms with Gasteiger partial charge in [0.15, 0.2) is 0 Å². The van der Waals surface area contributed by atoms with Gasteiger partial charge in [-0.25, -0.2) is 4.39 Å². The molecular formula is C21H18ClFN2O2. The molecule has 138 valence electrons. The Morgan fingerprint density at radius 2 is 1.85 bits per heavy atom. The summed E-state index contributed by atoms with van der Waals surface area (Å²) in [5.74, 6) is -0.701. The molecule has 0 saturated heterocycles.